The van der Waals surface area contributed by atoms with Crippen LogP contribution < -0.4 is 4.74 Å². The van der Waals surface area contributed by atoms with Crippen LogP contribution in [0.4, 0.5) is 17.6 Å². The number of halogens is 4. The van der Waals surface area contributed by atoms with Gasteiger partial charge in [-0.25, -0.2) is 13.2 Å². The Morgan fingerprint density at radius 2 is 1.68 bits per heavy atom. The molecule has 1 fully saturated rings. The predicted octanol–water partition coefficient (Wildman–Crippen LogP) is 7.80. The third-order valence-electron chi connectivity index (χ3n) is 6.35. The molecule has 1 nitrogen and oxygen atoms in total. The fraction of sp³-hybridized carbons (Fsp3) is 0.462. The normalized spacial score (nSPS) is 18.7. The average molecular weight is 435 g/mol. The van der Waals surface area contributed by atoms with Crippen molar-refractivity contribution in [3.63, 3.8) is 0 Å². The first kappa shape index (κ1) is 23.4. The summed E-state index contributed by atoms with van der Waals surface area (Å²) in [5.74, 6) is -2.97. The Hall–Kier alpha value is -2.30. The molecule has 0 amide bonds. The molecule has 0 bridgehead atoms. The molecule has 2 aromatic rings. The van der Waals surface area contributed by atoms with Gasteiger partial charge in [0.05, 0.1) is 6.61 Å². The Morgan fingerprint density at radius 1 is 0.935 bits per heavy atom. The van der Waals surface area contributed by atoms with E-state index in [4.69, 9.17) is 4.74 Å². The molecule has 0 spiro atoms. The molecule has 0 aliphatic heterocycles. The van der Waals surface area contributed by atoms with Gasteiger partial charge in [-0.05, 0) is 92.9 Å². The Balaban J connectivity index is 1.54. The molecule has 0 N–H and O–H groups in total. The summed E-state index contributed by atoms with van der Waals surface area (Å²) in [4.78, 5) is 0. The fourth-order valence-electron chi connectivity index (χ4n) is 4.38. The van der Waals surface area contributed by atoms with E-state index in [0.29, 0.717) is 42.1 Å². The molecular weight excluding hydrogens is 404 g/mol. The maximum atomic E-state index is 14.7. The molecule has 2 aromatic carbocycles. The third kappa shape index (κ3) is 5.69. The molecule has 5 heteroatoms. The molecular formula is C26H30F4O. The number of rotatable bonds is 9. The highest BCUT2D eigenvalue weighted by molar-refractivity contribution is 5.33. The van der Waals surface area contributed by atoms with E-state index in [1.807, 2.05) is 0 Å². The maximum Gasteiger partial charge on any atom is 0.200 e. The number of allylic oxidation sites excluding steroid dienone is 1. The summed E-state index contributed by atoms with van der Waals surface area (Å²) >= 11 is 0. The number of unbranched alkanes of at least 4 members (excludes halogenated alkanes) is 1. The first-order chi connectivity index (χ1) is 14.9. The minimum Gasteiger partial charge on any atom is -0.490 e. The van der Waals surface area contributed by atoms with Crippen LogP contribution >= 0.6 is 0 Å². The lowest BCUT2D eigenvalue weighted by Gasteiger charge is -2.29. The Kier molecular flexibility index (Phi) is 8.16. The molecule has 1 saturated carbocycles. The van der Waals surface area contributed by atoms with E-state index in [-0.39, 0.29) is 11.7 Å². The van der Waals surface area contributed by atoms with Gasteiger partial charge in [0, 0.05) is 0 Å². The van der Waals surface area contributed by atoms with Crippen molar-refractivity contribution in [3.8, 4) is 5.75 Å². The summed E-state index contributed by atoms with van der Waals surface area (Å²) in [6.45, 7) is 5.49. The maximum absolute atomic E-state index is 14.7. The van der Waals surface area contributed by atoms with Crippen molar-refractivity contribution in [2.45, 2.75) is 64.2 Å². The highest BCUT2D eigenvalue weighted by Gasteiger charge is 2.27. The van der Waals surface area contributed by atoms with E-state index in [1.165, 1.54) is 6.07 Å². The molecule has 1 aliphatic rings. The number of hydrogen-bond acceptors (Lipinski definition) is 1. The molecule has 1 aliphatic carbocycles. The zero-order valence-electron chi connectivity index (χ0n) is 18.0. The second-order valence-corrected chi connectivity index (χ2v) is 8.49. The molecule has 0 radical (unpaired) electrons. The zero-order chi connectivity index (χ0) is 22.4. The summed E-state index contributed by atoms with van der Waals surface area (Å²) in [7, 11) is 0. The van der Waals surface area contributed by atoms with Crippen LogP contribution in [0.15, 0.2) is 36.9 Å². The number of aryl methyl sites for hydroxylation is 2. The molecule has 0 heterocycles. The topological polar surface area (TPSA) is 9.23 Å². The van der Waals surface area contributed by atoms with Crippen LogP contribution in [-0.4, -0.2) is 6.61 Å². The minimum absolute atomic E-state index is 0.0332. The molecule has 0 saturated heterocycles. The highest BCUT2D eigenvalue weighted by atomic mass is 19.2. The van der Waals surface area contributed by atoms with Gasteiger partial charge in [0.25, 0.3) is 0 Å². The van der Waals surface area contributed by atoms with E-state index >= 15 is 0 Å². The van der Waals surface area contributed by atoms with Gasteiger partial charge >= 0.3 is 0 Å². The first-order valence-electron chi connectivity index (χ1n) is 11.1. The van der Waals surface area contributed by atoms with Crippen molar-refractivity contribution in [1.82, 2.24) is 0 Å². The van der Waals surface area contributed by atoms with Crippen molar-refractivity contribution >= 4 is 0 Å². The van der Waals surface area contributed by atoms with Crippen molar-refractivity contribution in [2.24, 2.45) is 5.92 Å². The Morgan fingerprint density at radius 3 is 2.39 bits per heavy atom. The lowest BCUT2D eigenvalue weighted by molar-refractivity contribution is 0.284. The van der Waals surface area contributed by atoms with Gasteiger partial charge in [-0.15, -0.1) is 6.58 Å². The quantitative estimate of drug-likeness (QED) is 0.222. The number of hydrogen-bond donors (Lipinski definition) is 0. The number of benzene rings is 2. The van der Waals surface area contributed by atoms with Gasteiger partial charge in [0.15, 0.2) is 23.2 Å². The van der Waals surface area contributed by atoms with Gasteiger partial charge in [-0.2, -0.15) is 4.39 Å². The highest BCUT2D eigenvalue weighted by Crippen LogP contribution is 2.40. The zero-order valence-corrected chi connectivity index (χ0v) is 18.0. The van der Waals surface area contributed by atoms with Crippen LogP contribution in [-0.2, 0) is 6.42 Å². The van der Waals surface area contributed by atoms with Gasteiger partial charge in [-0.3, -0.25) is 0 Å². The average Bonchev–Trinajstić information content (AvgIpc) is 2.78. The Labute approximate surface area is 182 Å². The smallest absolute Gasteiger partial charge is 0.200 e. The fourth-order valence-corrected chi connectivity index (χ4v) is 4.38. The lowest BCUT2D eigenvalue weighted by Crippen LogP contribution is -2.16. The molecule has 3 rings (SSSR count). The summed E-state index contributed by atoms with van der Waals surface area (Å²) in [6, 6.07) is 6.41. The SMILES string of the molecule is C=CCCCOc1ccc(C2CCC(CCc3ccc(C)c(F)c3F)CC2)c(F)c1F. The van der Waals surface area contributed by atoms with Crippen molar-refractivity contribution in [2.75, 3.05) is 6.61 Å². The van der Waals surface area contributed by atoms with Crippen LogP contribution in [0.2, 0.25) is 0 Å². The largest absolute Gasteiger partial charge is 0.490 e. The van der Waals surface area contributed by atoms with Crippen LogP contribution in [0.25, 0.3) is 0 Å². The number of ether oxygens (including phenoxy) is 1. The second kappa shape index (κ2) is 10.8. The van der Waals surface area contributed by atoms with E-state index in [9.17, 15) is 17.6 Å². The van der Waals surface area contributed by atoms with Crippen LogP contribution in [0.3, 0.4) is 0 Å². The minimum atomic E-state index is -0.921. The van der Waals surface area contributed by atoms with Crippen LogP contribution in [0.5, 0.6) is 5.75 Å². The van der Waals surface area contributed by atoms with E-state index in [1.54, 1.807) is 31.2 Å². The summed E-state index contributed by atoms with van der Waals surface area (Å²) in [6.07, 6.45) is 7.71. The van der Waals surface area contributed by atoms with Gasteiger partial charge < -0.3 is 4.74 Å². The predicted molar refractivity (Wildman–Crippen MR) is 115 cm³/mol. The van der Waals surface area contributed by atoms with Gasteiger partial charge in [-0.1, -0.05) is 24.3 Å². The molecule has 31 heavy (non-hydrogen) atoms. The van der Waals surface area contributed by atoms with Gasteiger partial charge in [0.1, 0.15) is 0 Å². The van der Waals surface area contributed by atoms with Crippen molar-refractivity contribution in [3.05, 3.63) is 76.9 Å². The molecule has 168 valence electrons. The molecule has 0 atom stereocenters. The lowest BCUT2D eigenvalue weighted by atomic mass is 9.76. The standard InChI is InChI=1S/C26H30F4O/c1-3-4-5-16-31-22-15-14-21(25(29)26(22)30)19-11-7-18(8-12-19)9-13-20-10-6-17(2)23(27)24(20)28/h3,6,10,14-15,18-19H,1,4-5,7-9,11-13,16H2,2H3. The van der Waals surface area contributed by atoms with Gasteiger partial charge in [0.2, 0.25) is 5.82 Å². The van der Waals surface area contributed by atoms with Crippen LogP contribution in [0.1, 0.15) is 67.6 Å². The first-order valence-corrected chi connectivity index (χ1v) is 11.1. The van der Waals surface area contributed by atoms with Crippen molar-refractivity contribution < 1.29 is 22.3 Å². The van der Waals surface area contributed by atoms with Crippen molar-refractivity contribution in [1.29, 1.82) is 0 Å². The Bertz CT molecular complexity index is 901. The monoisotopic (exact) mass is 434 g/mol. The van der Waals surface area contributed by atoms with Crippen LogP contribution in [0, 0.1) is 36.1 Å². The summed E-state index contributed by atoms with van der Waals surface area (Å²) in [5.41, 5.74) is 1.12. The van der Waals surface area contributed by atoms with E-state index in [0.717, 1.165) is 38.5 Å². The second-order valence-electron chi connectivity index (χ2n) is 8.49. The molecule has 0 aromatic heterocycles. The van der Waals surface area contributed by atoms with E-state index < -0.39 is 23.3 Å². The molecule has 0 unspecified atom stereocenters. The van der Waals surface area contributed by atoms with E-state index in [2.05, 4.69) is 6.58 Å². The summed E-state index contributed by atoms with van der Waals surface area (Å²) in [5, 5.41) is 0. The third-order valence-corrected chi connectivity index (χ3v) is 6.35. The summed E-state index contributed by atoms with van der Waals surface area (Å²) < 4.78 is 62.2.